The summed E-state index contributed by atoms with van der Waals surface area (Å²) >= 11 is 1.08. The lowest BCUT2D eigenvalue weighted by molar-refractivity contribution is -0.113. The molecule has 33 heavy (non-hydrogen) atoms. The third-order valence-corrected chi connectivity index (χ3v) is 8.41. The predicted octanol–water partition coefficient (Wildman–Crippen LogP) is 4.97. The number of piperidine rings is 1. The molecule has 0 bridgehead atoms. The summed E-state index contributed by atoms with van der Waals surface area (Å²) in [5.41, 5.74) is 0.158. The van der Waals surface area contributed by atoms with E-state index in [9.17, 15) is 22.0 Å². The number of amides is 1. The van der Waals surface area contributed by atoms with Crippen LogP contribution >= 0.6 is 11.8 Å². The molecule has 1 heterocycles. The molecule has 1 unspecified atom stereocenters. The van der Waals surface area contributed by atoms with Crippen LogP contribution in [-0.2, 0) is 14.8 Å². The summed E-state index contributed by atoms with van der Waals surface area (Å²) < 4.78 is 61.0. The lowest BCUT2D eigenvalue weighted by atomic mass is 10.1. The first-order valence-corrected chi connectivity index (χ1v) is 13.3. The number of hydrogen-bond donors (Lipinski definition) is 1. The number of halogens is 2. The highest BCUT2D eigenvalue weighted by atomic mass is 32.2. The van der Waals surface area contributed by atoms with Gasteiger partial charge in [-0.1, -0.05) is 12.5 Å². The highest BCUT2D eigenvalue weighted by Gasteiger charge is 2.27. The van der Waals surface area contributed by atoms with E-state index < -0.39 is 32.8 Å². The summed E-state index contributed by atoms with van der Waals surface area (Å²) in [5, 5.41) is 2.10. The number of nitrogens with one attached hydrogen (secondary N) is 1. The van der Waals surface area contributed by atoms with Crippen LogP contribution in [0.2, 0.25) is 0 Å². The Labute approximate surface area is 197 Å². The van der Waals surface area contributed by atoms with Crippen LogP contribution in [0.15, 0.2) is 41.3 Å². The molecule has 10 heteroatoms. The zero-order valence-corrected chi connectivity index (χ0v) is 20.3. The van der Waals surface area contributed by atoms with Gasteiger partial charge in [-0.2, -0.15) is 4.31 Å². The zero-order valence-electron chi connectivity index (χ0n) is 18.6. The normalized spacial score (nSPS) is 15.8. The van der Waals surface area contributed by atoms with Crippen LogP contribution in [0.3, 0.4) is 0 Å². The van der Waals surface area contributed by atoms with Crippen molar-refractivity contribution in [2.45, 2.75) is 43.3 Å². The van der Waals surface area contributed by atoms with Crippen molar-refractivity contribution < 1.29 is 26.7 Å². The van der Waals surface area contributed by atoms with Crippen LogP contribution in [0.25, 0.3) is 0 Å². The number of anilines is 1. The Balaban J connectivity index is 1.74. The molecule has 2 aromatic carbocycles. The number of ether oxygens (including phenoxy) is 1. The average molecular weight is 499 g/mol. The van der Waals surface area contributed by atoms with E-state index in [1.165, 1.54) is 40.7 Å². The van der Waals surface area contributed by atoms with Crippen molar-refractivity contribution in [3.05, 3.63) is 53.6 Å². The lowest BCUT2D eigenvalue weighted by Gasteiger charge is -2.26. The Bertz CT molecular complexity index is 1070. The minimum Gasteiger partial charge on any atom is -0.492 e. The number of rotatable bonds is 9. The van der Waals surface area contributed by atoms with Crippen LogP contribution in [-0.4, -0.2) is 44.1 Å². The molecule has 0 aliphatic carbocycles. The first kappa shape index (κ1) is 25.5. The van der Waals surface area contributed by atoms with E-state index in [-0.39, 0.29) is 21.9 Å². The standard InChI is InChI=1S/C23H28F2N2O4S2/c1-3-31-21-11-10-17(33(29,30)27-12-5-4-6-13-27)14-20(21)26-22(28)15-32-16(2)23-18(24)8-7-9-19(23)25/h7-11,14,16H,3-6,12-13,15H2,1-2H3,(H,26,28). The molecular weight excluding hydrogens is 470 g/mol. The predicted molar refractivity (Wildman–Crippen MR) is 126 cm³/mol. The largest absolute Gasteiger partial charge is 0.492 e. The molecule has 0 radical (unpaired) electrons. The summed E-state index contributed by atoms with van der Waals surface area (Å²) in [7, 11) is -3.69. The second-order valence-corrected chi connectivity index (χ2v) is 11.0. The van der Waals surface area contributed by atoms with Crippen molar-refractivity contribution in [2.75, 3.05) is 30.8 Å². The Morgan fingerprint density at radius 3 is 2.45 bits per heavy atom. The molecule has 2 aromatic rings. The van der Waals surface area contributed by atoms with Gasteiger partial charge in [0, 0.05) is 23.9 Å². The smallest absolute Gasteiger partial charge is 0.243 e. The molecule has 0 spiro atoms. The summed E-state index contributed by atoms with van der Waals surface area (Å²) in [6.07, 6.45) is 2.64. The van der Waals surface area contributed by atoms with E-state index in [2.05, 4.69) is 5.32 Å². The van der Waals surface area contributed by atoms with Crippen molar-refractivity contribution in [3.8, 4) is 5.75 Å². The van der Waals surface area contributed by atoms with E-state index in [1.54, 1.807) is 13.8 Å². The number of nitrogens with zero attached hydrogens (tertiary/aromatic N) is 1. The first-order chi connectivity index (χ1) is 15.7. The molecular formula is C23H28F2N2O4S2. The first-order valence-electron chi connectivity index (χ1n) is 10.9. The van der Waals surface area contributed by atoms with Gasteiger partial charge in [-0.15, -0.1) is 11.8 Å². The molecule has 1 aliphatic heterocycles. The molecule has 1 saturated heterocycles. The molecule has 6 nitrogen and oxygen atoms in total. The van der Waals surface area contributed by atoms with Crippen molar-refractivity contribution in [1.82, 2.24) is 4.31 Å². The fourth-order valence-corrected chi connectivity index (χ4v) is 6.08. The van der Waals surface area contributed by atoms with E-state index >= 15 is 0 Å². The Morgan fingerprint density at radius 1 is 1.15 bits per heavy atom. The number of thioether (sulfide) groups is 1. The van der Waals surface area contributed by atoms with Crippen molar-refractivity contribution in [1.29, 1.82) is 0 Å². The van der Waals surface area contributed by atoms with Crippen LogP contribution in [0, 0.1) is 11.6 Å². The fourth-order valence-electron chi connectivity index (χ4n) is 3.67. The maximum Gasteiger partial charge on any atom is 0.243 e. The van der Waals surface area contributed by atoms with Gasteiger partial charge in [-0.05, 0) is 57.0 Å². The van der Waals surface area contributed by atoms with Crippen LogP contribution in [0.4, 0.5) is 14.5 Å². The molecule has 0 aromatic heterocycles. The quantitative estimate of drug-likeness (QED) is 0.528. The average Bonchev–Trinajstić information content (AvgIpc) is 2.79. The van der Waals surface area contributed by atoms with Gasteiger partial charge in [0.2, 0.25) is 15.9 Å². The summed E-state index contributed by atoms with van der Waals surface area (Å²) in [6.45, 7) is 4.68. The van der Waals surface area contributed by atoms with Gasteiger partial charge < -0.3 is 10.1 Å². The van der Waals surface area contributed by atoms with Crippen LogP contribution in [0.1, 0.15) is 43.9 Å². The van der Waals surface area contributed by atoms with Gasteiger partial charge in [0.05, 0.1) is 22.9 Å². The van der Waals surface area contributed by atoms with Crippen LogP contribution < -0.4 is 10.1 Å². The molecule has 1 atom stereocenters. The third kappa shape index (κ3) is 6.24. The third-order valence-electron chi connectivity index (χ3n) is 5.35. The number of sulfonamides is 1. The topological polar surface area (TPSA) is 75.7 Å². The van der Waals surface area contributed by atoms with Crippen molar-refractivity contribution in [2.24, 2.45) is 0 Å². The Kier molecular flexibility index (Phi) is 8.72. The SMILES string of the molecule is CCOc1ccc(S(=O)(=O)N2CCCCC2)cc1NC(=O)CSC(C)c1c(F)cccc1F. The molecule has 1 fully saturated rings. The molecule has 1 amide bonds. The highest BCUT2D eigenvalue weighted by Crippen LogP contribution is 2.33. The monoisotopic (exact) mass is 498 g/mol. The van der Waals surface area contributed by atoms with Gasteiger partial charge in [0.15, 0.2) is 0 Å². The minimum atomic E-state index is -3.69. The van der Waals surface area contributed by atoms with E-state index in [0.717, 1.165) is 31.0 Å². The number of carbonyl (C=O) groups excluding carboxylic acids is 1. The fraction of sp³-hybridized carbons (Fsp3) is 0.435. The maximum atomic E-state index is 14.0. The van der Waals surface area contributed by atoms with E-state index in [4.69, 9.17) is 4.74 Å². The zero-order chi connectivity index (χ0) is 24.0. The van der Waals surface area contributed by atoms with Gasteiger partial charge in [0.25, 0.3) is 0 Å². The van der Waals surface area contributed by atoms with Crippen molar-refractivity contribution >= 4 is 33.4 Å². The van der Waals surface area contributed by atoms with Gasteiger partial charge >= 0.3 is 0 Å². The molecule has 1 N–H and O–H groups in total. The minimum absolute atomic E-state index is 0.0798. The number of hydrogen-bond acceptors (Lipinski definition) is 5. The summed E-state index contributed by atoms with van der Waals surface area (Å²) in [4.78, 5) is 12.7. The lowest BCUT2D eigenvalue weighted by Crippen LogP contribution is -2.35. The Morgan fingerprint density at radius 2 is 1.82 bits per heavy atom. The van der Waals surface area contributed by atoms with Gasteiger partial charge in [0.1, 0.15) is 17.4 Å². The van der Waals surface area contributed by atoms with Gasteiger partial charge in [-0.3, -0.25) is 4.79 Å². The van der Waals surface area contributed by atoms with Gasteiger partial charge in [-0.25, -0.2) is 17.2 Å². The van der Waals surface area contributed by atoms with E-state index in [1.807, 2.05) is 0 Å². The molecule has 0 saturated carbocycles. The molecule has 180 valence electrons. The van der Waals surface area contributed by atoms with Crippen molar-refractivity contribution in [3.63, 3.8) is 0 Å². The number of carbonyl (C=O) groups is 1. The Hall–Kier alpha value is -2.17. The summed E-state index contributed by atoms with van der Waals surface area (Å²) in [5.74, 6) is -1.49. The molecule has 1 aliphatic rings. The second-order valence-electron chi connectivity index (χ2n) is 7.69. The number of benzene rings is 2. The van der Waals surface area contributed by atoms with Crippen LogP contribution in [0.5, 0.6) is 5.75 Å². The maximum absolute atomic E-state index is 14.0. The van der Waals surface area contributed by atoms with E-state index in [0.29, 0.717) is 25.4 Å². The molecule has 3 rings (SSSR count). The summed E-state index contributed by atoms with van der Waals surface area (Å²) in [6, 6.07) is 8.05. The second kappa shape index (κ2) is 11.3. The highest BCUT2D eigenvalue weighted by molar-refractivity contribution is 8.00.